The van der Waals surface area contributed by atoms with Gasteiger partial charge in [-0.15, -0.1) is 0 Å². The summed E-state index contributed by atoms with van der Waals surface area (Å²) in [7, 11) is 1.66. The minimum absolute atomic E-state index is 0.0567. The second kappa shape index (κ2) is 9.29. The summed E-state index contributed by atoms with van der Waals surface area (Å²) in [5.74, 6) is 1.42. The largest absolute Gasteiger partial charge is 0.496 e. The third-order valence-corrected chi connectivity index (χ3v) is 6.36. The van der Waals surface area contributed by atoms with Crippen molar-refractivity contribution in [2.24, 2.45) is 0 Å². The van der Waals surface area contributed by atoms with Gasteiger partial charge in [0.05, 0.1) is 24.1 Å². The Balaban J connectivity index is 1.32. The number of aromatic amines is 1. The highest BCUT2D eigenvalue weighted by Gasteiger charge is 2.22. The number of ether oxygens (including phenoxy) is 1. The number of H-pyrrole nitrogens is 1. The molecule has 0 fully saturated rings. The SMILES string of the molecule is COc1ccc(Br)cc1-c1ccc(CN2CCc3nc(-c4ccccc4)[nH]c(=O)c3C2)cn1. The van der Waals surface area contributed by atoms with Gasteiger partial charge >= 0.3 is 0 Å². The Morgan fingerprint density at radius 1 is 1.12 bits per heavy atom. The van der Waals surface area contributed by atoms with Gasteiger partial charge in [0.2, 0.25) is 0 Å². The van der Waals surface area contributed by atoms with E-state index < -0.39 is 0 Å². The van der Waals surface area contributed by atoms with E-state index in [0.717, 1.165) is 63.4 Å². The molecule has 7 heteroatoms. The highest BCUT2D eigenvalue weighted by Crippen LogP contribution is 2.31. The van der Waals surface area contributed by atoms with Crippen LogP contribution in [0.3, 0.4) is 0 Å². The lowest BCUT2D eigenvalue weighted by molar-refractivity contribution is 0.241. The lowest BCUT2D eigenvalue weighted by Crippen LogP contribution is -2.35. The molecule has 1 aliphatic rings. The Kier molecular flexibility index (Phi) is 6.07. The van der Waals surface area contributed by atoms with Gasteiger partial charge in [0.1, 0.15) is 11.6 Å². The first-order valence-corrected chi connectivity index (χ1v) is 11.6. The zero-order chi connectivity index (χ0) is 22.8. The van der Waals surface area contributed by atoms with Crippen molar-refractivity contribution in [3.63, 3.8) is 0 Å². The standard InChI is InChI=1S/C26H23BrN4O2/c1-33-24-10-8-19(27)13-20(24)22-9-7-17(14-28-22)15-31-12-11-23-21(16-31)26(32)30-25(29-23)18-5-3-2-4-6-18/h2-10,13-14H,11-12,15-16H2,1H3,(H,29,30,32). The van der Waals surface area contributed by atoms with Crippen LogP contribution in [0.5, 0.6) is 5.75 Å². The monoisotopic (exact) mass is 502 g/mol. The zero-order valence-corrected chi connectivity index (χ0v) is 19.8. The zero-order valence-electron chi connectivity index (χ0n) is 18.2. The van der Waals surface area contributed by atoms with E-state index in [2.05, 4.69) is 36.9 Å². The summed E-state index contributed by atoms with van der Waals surface area (Å²) in [6, 6.07) is 19.7. The number of hydrogen-bond acceptors (Lipinski definition) is 5. The van der Waals surface area contributed by atoms with Crippen LogP contribution in [0.1, 0.15) is 16.8 Å². The number of nitrogens with one attached hydrogen (secondary N) is 1. The molecule has 4 aromatic rings. The molecule has 1 N–H and O–H groups in total. The summed E-state index contributed by atoms with van der Waals surface area (Å²) in [4.78, 5) is 27.4. The smallest absolute Gasteiger partial charge is 0.255 e. The van der Waals surface area contributed by atoms with Crippen LogP contribution in [0.4, 0.5) is 0 Å². The molecule has 3 heterocycles. The van der Waals surface area contributed by atoms with Crippen LogP contribution in [0.25, 0.3) is 22.6 Å². The quantitative estimate of drug-likeness (QED) is 0.423. The van der Waals surface area contributed by atoms with Crippen molar-refractivity contribution in [1.29, 1.82) is 0 Å². The third kappa shape index (κ3) is 4.60. The Hall–Kier alpha value is -3.29. The molecule has 6 nitrogen and oxygen atoms in total. The second-order valence-electron chi connectivity index (χ2n) is 8.06. The number of fused-ring (bicyclic) bond motifs is 1. The molecule has 0 atom stereocenters. The Labute approximate surface area is 200 Å². The van der Waals surface area contributed by atoms with E-state index in [4.69, 9.17) is 9.72 Å². The molecule has 0 amide bonds. The molecule has 166 valence electrons. The third-order valence-electron chi connectivity index (χ3n) is 5.86. The Morgan fingerprint density at radius 3 is 2.73 bits per heavy atom. The number of halogens is 1. The van der Waals surface area contributed by atoms with Crippen molar-refractivity contribution in [1.82, 2.24) is 19.9 Å². The fourth-order valence-corrected chi connectivity index (χ4v) is 4.53. The molecule has 0 bridgehead atoms. The number of nitrogens with zero attached hydrogens (tertiary/aromatic N) is 3. The van der Waals surface area contributed by atoms with Gasteiger partial charge in [-0.2, -0.15) is 0 Å². The van der Waals surface area contributed by atoms with Crippen molar-refractivity contribution in [3.8, 4) is 28.4 Å². The van der Waals surface area contributed by atoms with E-state index in [1.54, 1.807) is 7.11 Å². The van der Waals surface area contributed by atoms with Gasteiger partial charge in [-0.1, -0.05) is 52.3 Å². The van der Waals surface area contributed by atoms with Crippen LogP contribution in [0.15, 0.2) is 76.1 Å². The normalized spacial score (nSPS) is 13.5. The first kappa shape index (κ1) is 21.6. The predicted octanol–water partition coefficient (Wildman–Crippen LogP) is 4.83. The van der Waals surface area contributed by atoms with Crippen molar-refractivity contribution >= 4 is 15.9 Å². The van der Waals surface area contributed by atoms with E-state index in [1.165, 1.54) is 0 Å². The molecule has 5 rings (SSSR count). The molecule has 0 spiro atoms. The Bertz CT molecular complexity index is 1340. The molecule has 1 aliphatic heterocycles. The number of rotatable bonds is 5. The van der Waals surface area contributed by atoms with E-state index in [0.29, 0.717) is 12.4 Å². The van der Waals surface area contributed by atoms with Gasteiger partial charge in [-0.25, -0.2) is 4.98 Å². The molecule has 0 unspecified atom stereocenters. The minimum atomic E-state index is -0.0567. The molecular weight excluding hydrogens is 480 g/mol. The van der Waals surface area contributed by atoms with Crippen molar-refractivity contribution in [2.45, 2.75) is 19.5 Å². The summed E-state index contributed by atoms with van der Waals surface area (Å²) in [5, 5.41) is 0. The van der Waals surface area contributed by atoms with Crippen LogP contribution in [-0.2, 0) is 19.5 Å². The van der Waals surface area contributed by atoms with Gasteiger partial charge in [0.15, 0.2) is 0 Å². The summed E-state index contributed by atoms with van der Waals surface area (Å²) in [6.45, 7) is 2.15. The van der Waals surface area contributed by atoms with Gasteiger partial charge in [0.25, 0.3) is 5.56 Å². The topological polar surface area (TPSA) is 71.1 Å². The first-order chi connectivity index (χ1) is 16.1. The molecule has 0 saturated carbocycles. The van der Waals surface area contributed by atoms with Crippen molar-refractivity contribution < 1.29 is 4.74 Å². The highest BCUT2D eigenvalue weighted by atomic mass is 79.9. The van der Waals surface area contributed by atoms with Crippen LogP contribution >= 0.6 is 15.9 Å². The number of benzene rings is 2. The highest BCUT2D eigenvalue weighted by molar-refractivity contribution is 9.10. The minimum Gasteiger partial charge on any atom is -0.496 e. The maximum Gasteiger partial charge on any atom is 0.255 e. The average molecular weight is 503 g/mol. The molecule has 0 radical (unpaired) electrons. The first-order valence-electron chi connectivity index (χ1n) is 10.8. The van der Waals surface area contributed by atoms with Crippen molar-refractivity contribution in [3.05, 3.63) is 98.5 Å². The maximum absolute atomic E-state index is 12.8. The summed E-state index contributed by atoms with van der Waals surface area (Å²) in [5.41, 5.74) is 5.41. The van der Waals surface area contributed by atoms with Gasteiger partial charge in [0, 0.05) is 47.9 Å². The fraction of sp³-hybridized carbons (Fsp3) is 0.192. The fourth-order valence-electron chi connectivity index (χ4n) is 4.16. The lowest BCUT2D eigenvalue weighted by atomic mass is 10.1. The van der Waals surface area contributed by atoms with Crippen LogP contribution < -0.4 is 10.3 Å². The number of hydrogen-bond donors (Lipinski definition) is 1. The van der Waals surface area contributed by atoms with Crippen LogP contribution in [0, 0.1) is 0 Å². The second-order valence-corrected chi connectivity index (χ2v) is 8.98. The number of methoxy groups -OCH3 is 1. The van der Waals surface area contributed by atoms with Gasteiger partial charge in [-0.3, -0.25) is 14.7 Å². The van der Waals surface area contributed by atoms with Crippen LogP contribution in [0.2, 0.25) is 0 Å². The maximum atomic E-state index is 12.8. The molecule has 0 aliphatic carbocycles. The molecule has 2 aromatic heterocycles. The van der Waals surface area contributed by atoms with E-state index in [-0.39, 0.29) is 5.56 Å². The Morgan fingerprint density at radius 2 is 1.97 bits per heavy atom. The number of pyridine rings is 1. The predicted molar refractivity (Wildman–Crippen MR) is 132 cm³/mol. The average Bonchev–Trinajstić information content (AvgIpc) is 2.85. The van der Waals surface area contributed by atoms with E-state index in [1.807, 2.05) is 60.8 Å². The lowest BCUT2D eigenvalue weighted by Gasteiger charge is -2.27. The molecule has 2 aromatic carbocycles. The summed E-state index contributed by atoms with van der Waals surface area (Å²) in [6.07, 6.45) is 2.64. The van der Waals surface area contributed by atoms with Crippen LogP contribution in [-0.4, -0.2) is 33.5 Å². The summed E-state index contributed by atoms with van der Waals surface area (Å²) < 4.78 is 6.46. The van der Waals surface area contributed by atoms with Crippen molar-refractivity contribution in [2.75, 3.05) is 13.7 Å². The number of aromatic nitrogens is 3. The van der Waals surface area contributed by atoms with Gasteiger partial charge < -0.3 is 9.72 Å². The summed E-state index contributed by atoms with van der Waals surface area (Å²) >= 11 is 3.52. The van der Waals surface area contributed by atoms with E-state index >= 15 is 0 Å². The molecule has 0 saturated heterocycles. The van der Waals surface area contributed by atoms with Gasteiger partial charge in [-0.05, 0) is 29.8 Å². The molecular formula is C26H23BrN4O2. The van der Waals surface area contributed by atoms with E-state index in [9.17, 15) is 4.79 Å². The molecule has 33 heavy (non-hydrogen) atoms.